The molecule has 1 aromatic rings. The molecule has 118 valence electrons. The predicted octanol–water partition coefficient (Wildman–Crippen LogP) is 1.21. The van der Waals surface area contributed by atoms with Gasteiger partial charge in [-0.2, -0.15) is 5.10 Å². The quantitative estimate of drug-likeness (QED) is 0.790. The predicted molar refractivity (Wildman–Crippen MR) is 78.9 cm³/mol. The average molecular weight is 295 g/mol. The van der Waals surface area contributed by atoms with Crippen molar-refractivity contribution in [3.05, 3.63) is 18.5 Å². The van der Waals surface area contributed by atoms with Gasteiger partial charge >= 0.3 is 5.97 Å². The molecular formula is C15H25N3O3. The summed E-state index contributed by atoms with van der Waals surface area (Å²) in [6, 6.07) is 1.90. The van der Waals surface area contributed by atoms with E-state index in [9.17, 15) is 15.0 Å². The molecule has 1 aliphatic rings. The van der Waals surface area contributed by atoms with Crippen molar-refractivity contribution in [1.29, 1.82) is 0 Å². The van der Waals surface area contributed by atoms with Crippen LogP contribution in [0.15, 0.2) is 18.5 Å². The fourth-order valence-corrected chi connectivity index (χ4v) is 3.22. The van der Waals surface area contributed by atoms with Gasteiger partial charge in [-0.3, -0.25) is 9.48 Å². The van der Waals surface area contributed by atoms with Crippen LogP contribution in [0.1, 0.15) is 32.6 Å². The number of aliphatic hydroxyl groups is 1. The number of β-amino-alcohol motifs (C(OH)–C–C–N with tert-alkyl or cyclic N) is 1. The molecule has 2 heterocycles. The zero-order valence-electron chi connectivity index (χ0n) is 12.6. The summed E-state index contributed by atoms with van der Waals surface area (Å²) in [5, 5.41) is 24.0. The number of carboxylic acids is 1. The summed E-state index contributed by atoms with van der Waals surface area (Å²) in [5.74, 6) is -0.854. The second kappa shape index (κ2) is 7.04. The molecule has 2 N–H and O–H groups in total. The minimum Gasteiger partial charge on any atom is -0.481 e. The van der Waals surface area contributed by atoms with Crippen LogP contribution in [0.4, 0.5) is 0 Å². The summed E-state index contributed by atoms with van der Waals surface area (Å²) in [4.78, 5) is 13.7. The molecule has 1 fully saturated rings. The van der Waals surface area contributed by atoms with Crippen molar-refractivity contribution in [1.82, 2.24) is 14.7 Å². The first-order chi connectivity index (χ1) is 10.1. The van der Waals surface area contributed by atoms with Crippen molar-refractivity contribution in [2.45, 2.75) is 45.3 Å². The molecule has 0 saturated carbocycles. The molecule has 6 nitrogen and oxygen atoms in total. The van der Waals surface area contributed by atoms with Crippen molar-refractivity contribution in [3.8, 4) is 0 Å². The van der Waals surface area contributed by atoms with Gasteiger partial charge in [0.25, 0.3) is 0 Å². The summed E-state index contributed by atoms with van der Waals surface area (Å²) in [6.07, 6.45) is 5.71. The third-order valence-corrected chi connectivity index (χ3v) is 4.49. The first-order valence-electron chi connectivity index (χ1n) is 7.70. The number of piperidine rings is 1. The molecule has 0 bridgehead atoms. The van der Waals surface area contributed by atoms with E-state index in [1.807, 2.05) is 23.9 Å². The lowest BCUT2D eigenvalue weighted by atomic mass is 9.73. The third-order valence-electron chi connectivity index (χ3n) is 4.49. The summed E-state index contributed by atoms with van der Waals surface area (Å²) >= 11 is 0. The molecule has 1 saturated heterocycles. The van der Waals surface area contributed by atoms with E-state index in [-0.39, 0.29) is 0 Å². The van der Waals surface area contributed by atoms with E-state index in [0.29, 0.717) is 19.4 Å². The minimum absolute atomic E-state index is 0.450. The van der Waals surface area contributed by atoms with Crippen LogP contribution in [0.25, 0.3) is 0 Å². The van der Waals surface area contributed by atoms with Crippen LogP contribution in [-0.4, -0.2) is 56.6 Å². The number of carbonyl (C=O) groups is 1. The van der Waals surface area contributed by atoms with Crippen LogP contribution in [0, 0.1) is 5.41 Å². The lowest BCUT2D eigenvalue weighted by molar-refractivity contribution is -0.163. The monoisotopic (exact) mass is 295 g/mol. The van der Waals surface area contributed by atoms with Gasteiger partial charge in [0.05, 0.1) is 11.5 Å². The molecule has 0 radical (unpaired) electrons. The minimum atomic E-state index is -0.951. The number of rotatable bonds is 7. The van der Waals surface area contributed by atoms with Crippen LogP contribution in [0.5, 0.6) is 0 Å². The maximum atomic E-state index is 11.6. The van der Waals surface area contributed by atoms with Gasteiger partial charge in [0.2, 0.25) is 0 Å². The Morgan fingerprint density at radius 1 is 1.48 bits per heavy atom. The van der Waals surface area contributed by atoms with Gasteiger partial charge in [-0.1, -0.05) is 13.3 Å². The largest absolute Gasteiger partial charge is 0.481 e. The van der Waals surface area contributed by atoms with Crippen molar-refractivity contribution < 1.29 is 15.0 Å². The lowest BCUT2D eigenvalue weighted by Gasteiger charge is -2.42. The first kappa shape index (κ1) is 16.0. The van der Waals surface area contributed by atoms with E-state index in [1.54, 1.807) is 6.20 Å². The SMILES string of the molecule is CCC[C@]1(C(=O)O)CCN(CCCn2cccn2)C[C@@H]1O. The van der Waals surface area contributed by atoms with E-state index in [4.69, 9.17) is 0 Å². The van der Waals surface area contributed by atoms with Crippen LogP contribution in [0.2, 0.25) is 0 Å². The summed E-state index contributed by atoms with van der Waals surface area (Å²) in [5.41, 5.74) is -0.951. The second-order valence-electron chi connectivity index (χ2n) is 5.90. The number of nitrogens with zero attached hydrogens (tertiary/aromatic N) is 3. The van der Waals surface area contributed by atoms with Crippen LogP contribution >= 0.6 is 0 Å². The van der Waals surface area contributed by atoms with Crippen LogP contribution in [-0.2, 0) is 11.3 Å². The van der Waals surface area contributed by atoms with Crippen LogP contribution in [0.3, 0.4) is 0 Å². The highest BCUT2D eigenvalue weighted by molar-refractivity contribution is 5.75. The Morgan fingerprint density at radius 3 is 2.86 bits per heavy atom. The Kier molecular flexibility index (Phi) is 5.36. The molecule has 0 unspecified atom stereocenters. The Morgan fingerprint density at radius 2 is 2.29 bits per heavy atom. The second-order valence-corrected chi connectivity index (χ2v) is 5.90. The standard InChI is InChI=1S/C15H25N3O3/c1-2-5-15(14(20)21)6-11-17(12-13(15)19)8-4-10-18-9-3-7-16-18/h3,7,9,13,19H,2,4-6,8,10-12H2,1H3,(H,20,21)/t13-,15-/m0/s1. The normalized spacial score (nSPS) is 26.9. The van der Waals surface area contributed by atoms with Gasteiger partial charge in [-0.05, 0) is 31.9 Å². The fraction of sp³-hybridized carbons (Fsp3) is 0.733. The van der Waals surface area contributed by atoms with E-state index in [0.717, 1.165) is 32.5 Å². The topological polar surface area (TPSA) is 78.6 Å². The maximum absolute atomic E-state index is 11.6. The van der Waals surface area contributed by atoms with Crippen molar-refractivity contribution in [2.75, 3.05) is 19.6 Å². The van der Waals surface area contributed by atoms with Gasteiger partial charge in [0.15, 0.2) is 0 Å². The molecule has 6 heteroatoms. The molecule has 2 atom stereocenters. The highest BCUT2D eigenvalue weighted by Crippen LogP contribution is 2.36. The molecular weight excluding hydrogens is 270 g/mol. The van der Waals surface area contributed by atoms with E-state index < -0.39 is 17.5 Å². The van der Waals surface area contributed by atoms with Crippen molar-refractivity contribution in [3.63, 3.8) is 0 Å². The first-order valence-corrected chi connectivity index (χ1v) is 7.70. The zero-order valence-corrected chi connectivity index (χ0v) is 12.6. The summed E-state index contributed by atoms with van der Waals surface area (Å²) in [6.45, 7) is 4.86. The number of hydrogen-bond donors (Lipinski definition) is 2. The number of carboxylic acid groups (broad SMARTS) is 1. The van der Waals surface area contributed by atoms with Gasteiger partial charge in [0, 0.05) is 32.0 Å². The summed E-state index contributed by atoms with van der Waals surface area (Å²) < 4.78 is 1.89. The van der Waals surface area contributed by atoms with Crippen LogP contribution < -0.4 is 0 Å². The molecule has 0 aromatic carbocycles. The van der Waals surface area contributed by atoms with Gasteiger partial charge in [-0.25, -0.2) is 0 Å². The molecule has 0 spiro atoms. The number of aliphatic hydroxyl groups excluding tert-OH is 1. The number of aliphatic carboxylic acids is 1. The van der Waals surface area contributed by atoms with Gasteiger partial charge in [-0.15, -0.1) is 0 Å². The Hall–Kier alpha value is -1.40. The highest BCUT2D eigenvalue weighted by Gasteiger charge is 2.47. The molecule has 1 aliphatic heterocycles. The highest BCUT2D eigenvalue weighted by atomic mass is 16.4. The third kappa shape index (κ3) is 3.63. The number of likely N-dealkylation sites (tertiary alicyclic amines) is 1. The Bertz CT molecular complexity index is 449. The van der Waals surface area contributed by atoms with Crippen molar-refractivity contribution in [2.24, 2.45) is 5.41 Å². The number of aryl methyl sites for hydroxylation is 1. The molecule has 0 amide bonds. The zero-order chi connectivity index (χ0) is 15.3. The van der Waals surface area contributed by atoms with Crippen molar-refractivity contribution >= 4 is 5.97 Å². The Balaban J connectivity index is 1.83. The van der Waals surface area contributed by atoms with E-state index in [2.05, 4.69) is 10.00 Å². The molecule has 21 heavy (non-hydrogen) atoms. The van der Waals surface area contributed by atoms with E-state index in [1.165, 1.54) is 0 Å². The lowest BCUT2D eigenvalue weighted by Crippen LogP contribution is -2.54. The Labute approximate surface area is 125 Å². The number of aromatic nitrogens is 2. The molecule has 0 aliphatic carbocycles. The van der Waals surface area contributed by atoms with Gasteiger partial charge < -0.3 is 15.1 Å². The summed E-state index contributed by atoms with van der Waals surface area (Å²) in [7, 11) is 0. The van der Waals surface area contributed by atoms with Gasteiger partial charge in [0.1, 0.15) is 0 Å². The molecule has 1 aromatic heterocycles. The number of hydrogen-bond acceptors (Lipinski definition) is 4. The average Bonchev–Trinajstić information content (AvgIpc) is 2.95. The molecule has 2 rings (SSSR count). The smallest absolute Gasteiger partial charge is 0.312 e. The maximum Gasteiger partial charge on any atom is 0.312 e. The van der Waals surface area contributed by atoms with E-state index >= 15 is 0 Å². The fourth-order valence-electron chi connectivity index (χ4n) is 3.22.